The maximum atomic E-state index is 12.9. The zero-order valence-corrected chi connectivity index (χ0v) is 13.1. The number of nitrogens with zero attached hydrogens (tertiary/aromatic N) is 1. The molecule has 1 aromatic carbocycles. The monoisotopic (exact) mass is 285 g/mol. The number of likely N-dealkylation sites (N-methyl/N-ethyl adjacent to an activating group) is 1. The van der Waals surface area contributed by atoms with Crippen LogP contribution < -0.4 is 4.90 Å². The molecule has 0 saturated carbocycles. The van der Waals surface area contributed by atoms with E-state index in [9.17, 15) is 4.79 Å². The molecule has 0 saturated heterocycles. The van der Waals surface area contributed by atoms with Crippen LogP contribution in [0.4, 0.5) is 0 Å². The Morgan fingerprint density at radius 2 is 1.86 bits per heavy atom. The zero-order chi connectivity index (χ0) is 14.8. The van der Waals surface area contributed by atoms with Gasteiger partial charge in [-0.25, -0.2) is 0 Å². The highest BCUT2D eigenvalue weighted by molar-refractivity contribution is 5.96. The van der Waals surface area contributed by atoms with Crippen molar-refractivity contribution in [2.45, 2.75) is 39.5 Å². The fourth-order valence-electron chi connectivity index (χ4n) is 3.57. The van der Waals surface area contributed by atoms with E-state index in [1.807, 2.05) is 10.6 Å². The lowest BCUT2D eigenvalue weighted by Gasteiger charge is -2.18. The molecule has 1 heterocycles. The minimum absolute atomic E-state index is 0.257. The Hall–Kier alpha value is -1.61. The zero-order valence-electron chi connectivity index (χ0n) is 13.1. The van der Waals surface area contributed by atoms with E-state index >= 15 is 0 Å². The van der Waals surface area contributed by atoms with Crippen molar-refractivity contribution in [3.8, 4) is 0 Å². The quantitative estimate of drug-likeness (QED) is 0.915. The maximum absolute atomic E-state index is 12.9. The molecule has 0 fully saturated rings. The summed E-state index contributed by atoms with van der Waals surface area (Å²) < 4.78 is 2.02. The van der Waals surface area contributed by atoms with Crippen molar-refractivity contribution in [2.75, 3.05) is 19.6 Å². The van der Waals surface area contributed by atoms with E-state index in [4.69, 9.17) is 0 Å². The van der Waals surface area contributed by atoms with Crippen LogP contribution in [0.5, 0.6) is 0 Å². The Labute approximate surface area is 126 Å². The molecule has 0 radical (unpaired) electrons. The van der Waals surface area contributed by atoms with E-state index in [1.165, 1.54) is 34.4 Å². The molecule has 0 atom stereocenters. The highest BCUT2D eigenvalue weighted by atomic mass is 16.2. The SMILES string of the molecule is CC[NH+](CC)CC(=O)n1c2c(c3ccccc31)CCCC2. The summed E-state index contributed by atoms with van der Waals surface area (Å²) in [5.41, 5.74) is 3.81. The molecule has 0 unspecified atom stereocenters. The molecule has 1 N–H and O–H groups in total. The Morgan fingerprint density at radius 1 is 1.14 bits per heavy atom. The molecule has 1 aliphatic carbocycles. The normalized spacial score (nSPS) is 14.6. The first-order valence-electron chi connectivity index (χ1n) is 8.24. The van der Waals surface area contributed by atoms with Crippen molar-refractivity contribution < 1.29 is 9.69 Å². The fourth-order valence-corrected chi connectivity index (χ4v) is 3.57. The van der Waals surface area contributed by atoms with Crippen LogP contribution in [-0.4, -0.2) is 30.1 Å². The van der Waals surface area contributed by atoms with Crippen molar-refractivity contribution in [1.82, 2.24) is 4.57 Å². The number of hydrogen-bond acceptors (Lipinski definition) is 1. The number of nitrogens with one attached hydrogen (secondary N) is 1. The summed E-state index contributed by atoms with van der Waals surface area (Å²) in [6, 6.07) is 8.40. The van der Waals surface area contributed by atoms with Gasteiger partial charge in [-0.15, -0.1) is 0 Å². The fraction of sp³-hybridized carbons (Fsp3) is 0.500. The number of aromatic nitrogens is 1. The first-order valence-corrected chi connectivity index (χ1v) is 8.24. The minimum atomic E-state index is 0.257. The third kappa shape index (κ3) is 2.51. The largest absolute Gasteiger partial charge is 0.328 e. The summed E-state index contributed by atoms with van der Waals surface area (Å²) in [4.78, 5) is 14.2. The van der Waals surface area contributed by atoms with Gasteiger partial charge in [0.15, 0.2) is 6.54 Å². The lowest BCUT2D eigenvalue weighted by Crippen LogP contribution is -3.12. The van der Waals surface area contributed by atoms with E-state index in [0.29, 0.717) is 6.54 Å². The number of hydrogen-bond donors (Lipinski definition) is 1. The van der Waals surface area contributed by atoms with Crippen LogP contribution in [0.1, 0.15) is 42.7 Å². The molecular weight excluding hydrogens is 260 g/mol. The number of carbonyl (C=O) groups excluding carboxylic acids is 1. The Bertz CT molecular complexity index is 653. The first kappa shape index (κ1) is 14.3. The van der Waals surface area contributed by atoms with Crippen LogP contribution in [0.15, 0.2) is 24.3 Å². The lowest BCUT2D eigenvalue weighted by molar-refractivity contribution is -0.887. The summed E-state index contributed by atoms with van der Waals surface area (Å²) in [5, 5.41) is 1.29. The third-order valence-electron chi connectivity index (χ3n) is 4.83. The van der Waals surface area contributed by atoms with Gasteiger partial charge < -0.3 is 4.90 Å². The van der Waals surface area contributed by atoms with E-state index in [2.05, 4.69) is 32.0 Å². The molecule has 3 heteroatoms. The van der Waals surface area contributed by atoms with Crippen LogP contribution in [-0.2, 0) is 12.8 Å². The Kier molecular flexibility index (Phi) is 4.11. The van der Waals surface area contributed by atoms with Gasteiger partial charge in [-0.2, -0.15) is 0 Å². The molecule has 1 aromatic heterocycles. The third-order valence-corrected chi connectivity index (χ3v) is 4.83. The van der Waals surface area contributed by atoms with E-state index in [1.54, 1.807) is 0 Å². The average molecular weight is 285 g/mol. The predicted molar refractivity (Wildman–Crippen MR) is 86.1 cm³/mol. The minimum Gasteiger partial charge on any atom is -0.328 e. The summed E-state index contributed by atoms with van der Waals surface area (Å²) in [6.45, 7) is 6.90. The maximum Gasteiger partial charge on any atom is 0.286 e. The van der Waals surface area contributed by atoms with Gasteiger partial charge in [0.2, 0.25) is 0 Å². The van der Waals surface area contributed by atoms with Gasteiger partial charge in [0.25, 0.3) is 5.91 Å². The van der Waals surface area contributed by atoms with Crippen LogP contribution in [0, 0.1) is 0 Å². The number of carbonyl (C=O) groups is 1. The van der Waals surface area contributed by atoms with Crippen molar-refractivity contribution in [2.24, 2.45) is 0 Å². The molecule has 3 rings (SSSR count). The number of quaternary nitrogens is 1. The summed E-state index contributed by atoms with van der Waals surface area (Å²) in [6.07, 6.45) is 4.61. The Balaban J connectivity index is 2.07. The van der Waals surface area contributed by atoms with Crippen molar-refractivity contribution >= 4 is 16.8 Å². The summed E-state index contributed by atoms with van der Waals surface area (Å²) in [7, 11) is 0. The van der Waals surface area contributed by atoms with Gasteiger partial charge in [-0.05, 0) is 51.2 Å². The van der Waals surface area contributed by atoms with Crippen LogP contribution >= 0.6 is 0 Å². The lowest BCUT2D eigenvalue weighted by atomic mass is 9.95. The molecule has 112 valence electrons. The second-order valence-corrected chi connectivity index (χ2v) is 6.01. The predicted octanol–water partition coefficient (Wildman–Crippen LogP) is 2.08. The van der Waals surface area contributed by atoms with Gasteiger partial charge in [0.1, 0.15) is 0 Å². The van der Waals surface area contributed by atoms with Crippen LogP contribution in [0.2, 0.25) is 0 Å². The molecular formula is C18H25N2O+. The van der Waals surface area contributed by atoms with Gasteiger partial charge in [-0.1, -0.05) is 18.2 Å². The smallest absolute Gasteiger partial charge is 0.286 e. The topological polar surface area (TPSA) is 26.4 Å². The number of rotatable bonds is 4. The number of fused-ring (bicyclic) bond motifs is 3. The van der Waals surface area contributed by atoms with Crippen molar-refractivity contribution in [3.05, 3.63) is 35.5 Å². The highest BCUT2D eigenvalue weighted by Crippen LogP contribution is 2.31. The van der Waals surface area contributed by atoms with E-state index < -0.39 is 0 Å². The number of para-hydroxylation sites is 1. The second kappa shape index (κ2) is 6.02. The molecule has 1 aliphatic rings. The van der Waals surface area contributed by atoms with Gasteiger partial charge in [-0.3, -0.25) is 9.36 Å². The number of aryl methyl sites for hydroxylation is 1. The van der Waals surface area contributed by atoms with Gasteiger partial charge in [0, 0.05) is 11.1 Å². The van der Waals surface area contributed by atoms with Gasteiger partial charge in [0.05, 0.1) is 18.6 Å². The van der Waals surface area contributed by atoms with Crippen LogP contribution in [0.3, 0.4) is 0 Å². The molecule has 21 heavy (non-hydrogen) atoms. The second-order valence-electron chi connectivity index (χ2n) is 6.01. The van der Waals surface area contributed by atoms with E-state index in [0.717, 1.165) is 31.4 Å². The first-order chi connectivity index (χ1) is 10.3. The van der Waals surface area contributed by atoms with Crippen molar-refractivity contribution in [1.29, 1.82) is 0 Å². The molecule has 0 spiro atoms. The summed E-state index contributed by atoms with van der Waals surface area (Å²) >= 11 is 0. The Morgan fingerprint density at radius 3 is 2.62 bits per heavy atom. The van der Waals surface area contributed by atoms with E-state index in [-0.39, 0.29) is 5.91 Å². The molecule has 0 bridgehead atoms. The average Bonchev–Trinajstić information content (AvgIpc) is 2.87. The molecule has 3 nitrogen and oxygen atoms in total. The number of benzene rings is 1. The highest BCUT2D eigenvalue weighted by Gasteiger charge is 2.24. The molecule has 0 amide bonds. The summed E-state index contributed by atoms with van der Waals surface area (Å²) in [5.74, 6) is 0.257. The molecule has 0 aliphatic heterocycles. The van der Waals surface area contributed by atoms with Gasteiger partial charge >= 0.3 is 0 Å². The van der Waals surface area contributed by atoms with Crippen LogP contribution in [0.25, 0.3) is 10.9 Å². The standard InChI is InChI=1S/C18H24N2O/c1-3-19(4-2)13-18(21)20-16-11-7-5-9-14(16)15-10-6-8-12-17(15)20/h5,7,9,11H,3-4,6,8,10,12-13H2,1-2H3/p+1. The van der Waals surface area contributed by atoms with Crippen molar-refractivity contribution in [3.63, 3.8) is 0 Å². The molecule has 2 aromatic rings.